The van der Waals surface area contributed by atoms with Crippen LogP contribution >= 0.6 is 0 Å². The molecule has 0 aromatic heterocycles. The van der Waals surface area contributed by atoms with Crippen LogP contribution in [-0.2, 0) is 4.74 Å². The fourth-order valence-electron chi connectivity index (χ4n) is 3.24. The van der Waals surface area contributed by atoms with Gasteiger partial charge < -0.3 is 9.64 Å². The lowest BCUT2D eigenvalue weighted by Gasteiger charge is -2.40. The standard InChI is InChI=1S/C16H27NO/c1-15(2)9-7-10-16(3,18-15)11-8-14-17-12-5-4-6-13-17/h4-7,9-10,12-14H2,1-3H3/p+1/t16-/m1/s1. The molecule has 2 rings (SSSR count). The Kier molecular flexibility index (Phi) is 4.35. The van der Waals surface area contributed by atoms with Gasteiger partial charge in [-0.1, -0.05) is 5.92 Å². The molecule has 2 heteroatoms. The molecule has 1 N–H and O–H groups in total. The number of piperidine rings is 1. The smallest absolute Gasteiger partial charge is 0.139 e. The molecule has 0 amide bonds. The van der Waals surface area contributed by atoms with E-state index in [0.717, 1.165) is 19.4 Å². The first-order chi connectivity index (χ1) is 8.49. The lowest BCUT2D eigenvalue weighted by molar-refractivity contribution is -0.897. The van der Waals surface area contributed by atoms with Crippen molar-refractivity contribution in [2.24, 2.45) is 0 Å². The largest absolute Gasteiger partial charge is 0.357 e. The first-order valence-corrected chi connectivity index (χ1v) is 7.53. The molecule has 1 atom stereocenters. The first-order valence-electron chi connectivity index (χ1n) is 7.53. The number of likely N-dealkylation sites (tertiary alicyclic amines) is 1. The Labute approximate surface area is 112 Å². The van der Waals surface area contributed by atoms with Crippen molar-refractivity contribution < 1.29 is 9.64 Å². The second-order valence-corrected chi connectivity index (χ2v) is 6.74. The lowest BCUT2D eigenvalue weighted by Crippen LogP contribution is -3.12. The molecule has 0 spiro atoms. The van der Waals surface area contributed by atoms with Crippen LogP contribution in [0.2, 0.25) is 0 Å². The normalized spacial score (nSPS) is 32.6. The van der Waals surface area contributed by atoms with Crippen LogP contribution in [0.5, 0.6) is 0 Å². The number of hydrogen-bond donors (Lipinski definition) is 1. The van der Waals surface area contributed by atoms with Crippen molar-refractivity contribution >= 4 is 0 Å². The average Bonchev–Trinajstić information content (AvgIpc) is 2.28. The second kappa shape index (κ2) is 5.63. The highest BCUT2D eigenvalue weighted by Crippen LogP contribution is 2.34. The maximum absolute atomic E-state index is 6.17. The zero-order chi connectivity index (χ0) is 13.1. The summed E-state index contributed by atoms with van der Waals surface area (Å²) in [5.74, 6) is 6.80. The minimum Gasteiger partial charge on any atom is -0.357 e. The molecule has 102 valence electrons. The molecule has 2 heterocycles. The van der Waals surface area contributed by atoms with Crippen LogP contribution in [0.1, 0.15) is 59.3 Å². The Morgan fingerprint density at radius 3 is 2.39 bits per heavy atom. The molecule has 0 saturated carbocycles. The van der Waals surface area contributed by atoms with Gasteiger partial charge in [0.25, 0.3) is 0 Å². The van der Waals surface area contributed by atoms with E-state index in [9.17, 15) is 0 Å². The third-order valence-corrected chi connectivity index (χ3v) is 4.19. The Morgan fingerprint density at radius 1 is 1.00 bits per heavy atom. The summed E-state index contributed by atoms with van der Waals surface area (Å²) in [4.78, 5) is 1.66. The summed E-state index contributed by atoms with van der Waals surface area (Å²) >= 11 is 0. The fourth-order valence-corrected chi connectivity index (χ4v) is 3.24. The molecule has 0 bridgehead atoms. The molecule has 2 saturated heterocycles. The van der Waals surface area contributed by atoms with Gasteiger partial charge in [0, 0.05) is 0 Å². The summed E-state index contributed by atoms with van der Waals surface area (Å²) in [5, 5.41) is 0. The number of hydrogen-bond acceptors (Lipinski definition) is 1. The van der Waals surface area contributed by atoms with Gasteiger partial charge in [0.05, 0.1) is 18.7 Å². The SMILES string of the molecule is CC1(C)CCC[C@](C)(C#CC[NH+]2CCCCC2)O1. The summed E-state index contributed by atoms with van der Waals surface area (Å²) in [6.07, 6.45) is 7.62. The quantitative estimate of drug-likeness (QED) is 0.701. The summed E-state index contributed by atoms with van der Waals surface area (Å²) in [7, 11) is 0. The lowest BCUT2D eigenvalue weighted by atomic mass is 9.88. The monoisotopic (exact) mass is 250 g/mol. The van der Waals surface area contributed by atoms with Gasteiger partial charge in [-0.3, -0.25) is 0 Å². The van der Waals surface area contributed by atoms with Crippen molar-refractivity contribution in [2.75, 3.05) is 19.6 Å². The topological polar surface area (TPSA) is 13.7 Å². The highest BCUT2D eigenvalue weighted by molar-refractivity contribution is 5.14. The van der Waals surface area contributed by atoms with E-state index < -0.39 is 0 Å². The summed E-state index contributed by atoms with van der Waals surface area (Å²) < 4.78 is 6.17. The van der Waals surface area contributed by atoms with E-state index in [2.05, 4.69) is 32.6 Å². The maximum Gasteiger partial charge on any atom is 0.139 e. The maximum atomic E-state index is 6.17. The van der Waals surface area contributed by atoms with Crippen molar-refractivity contribution in [3.05, 3.63) is 0 Å². The van der Waals surface area contributed by atoms with Crippen LogP contribution in [0.25, 0.3) is 0 Å². The molecular formula is C16H28NO+. The minimum atomic E-state index is -0.211. The minimum absolute atomic E-state index is 0.000336. The predicted octanol–water partition coefficient (Wildman–Crippen LogP) is 1.80. The van der Waals surface area contributed by atoms with E-state index in [4.69, 9.17) is 4.74 Å². The third-order valence-electron chi connectivity index (χ3n) is 4.19. The zero-order valence-electron chi connectivity index (χ0n) is 12.3. The van der Waals surface area contributed by atoms with Gasteiger partial charge in [-0.15, -0.1) is 0 Å². The van der Waals surface area contributed by atoms with E-state index in [0.29, 0.717) is 0 Å². The molecule has 0 aromatic rings. The average molecular weight is 250 g/mol. The predicted molar refractivity (Wildman–Crippen MR) is 74.6 cm³/mol. The van der Waals surface area contributed by atoms with Crippen LogP contribution in [0, 0.1) is 11.8 Å². The molecule has 2 aliphatic heterocycles. The van der Waals surface area contributed by atoms with E-state index in [1.54, 1.807) is 4.90 Å². The van der Waals surface area contributed by atoms with E-state index in [1.807, 2.05) is 0 Å². The zero-order valence-corrected chi connectivity index (χ0v) is 12.3. The third kappa shape index (κ3) is 4.00. The van der Waals surface area contributed by atoms with Crippen LogP contribution in [0.15, 0.2) is 0 Å². The van der Waals surface area contributed by atoms with E-state index in [-0.39, 0.29) is 11.2 Å². The van der Waals surface area contributed by atoms with Crippen molar-refractivity contribution in [1.82, 2.24) is 0 Å². The molecule has 2 nitrogen and oxygen atoms in total. The van der Waals surface area contributed by atoms with Crippen LogP contribution in [-0.4, -0.2) is 30.8 Å². The van der Waals surface area contributed by atoms with Crippen LogP contribution in [0.4, 0.5) is 0 Å². The highest BCUT2D eigenvalue weighted by atomic mass is 16.5. The van der Waals surface area contributed by atoms with E-state index in [1.165, 1.54) is 38.8 Å². The highest BCUT2D eigenvalue weighted by Gasteiger charge is 2.35. The van der Waals surface area contributed by atoms with Gasteiger partial charge in [-0.05, 0) is 65.2 Å². The summed E-state index contributed by atoms with van der Waals surface area (Å²) in [6.45, 7) is 10.1. The molecule has 0 radical (unpaired) electrons. The number of rotatable bonds is 1. The van der Waals surface area contributed by atoms with Crippen LogP contribution < -0.4 is 4.90 Å². The molecule has 0 aliphatic carbocycles. The molecule has 0 aromatic carbocycles. The molecular weight excluding hydrogens is 222 g/mol. The Morgan fingerprint density at radius 2 is 1.72 bits per heavy atom. The van der Waals surface area contributed by atoms with Crippen molar-refractivity contribution in [2.45, 2.75) is 70.5 Å². The number of nitrogens with one attached hydrogen (secondary N) is 1. The number of quaternary nitrogens is 1. The fraction of sp³-hybridized carbons (Fsp3) is 0.875. The Hall–Kier alpha value is -0.520. The molecule has 18 heavy (non-hydrogen) atoms. The van der Waals surface area contributed by atoms with Crippen molar-refractivity contribution in [3.63, 3.8) is 0 Å². The second-order valence-electron chi connectivity index (χ2n) is 6.74. The van der Waals surface area contributed by atoms with Gasteiger partial charge in [-0.2, -0.15) is 0 Å². The summed E-state index contributed by atoms with van der Waals surface area (Å²) in [6, 6.07) is 0. The number of ether oxygens (including phenoxy) is 1. The van der Waals surface area contributed by atoms with Crippen molar-refractivity contribution in [3.8, 4) is 11.8 Å². The molecule has 2 aliphatic rings. The van der Waals surface area contributed by atoms with Gasteiger partial charge in [0.15, 0.2) is 0 Å². The van der Waals surface area contributed by atoms with Gasteiger partial charge in [0.1, 0.15) is 12.1 Å². The Bertz CT molecular complexity index is 333. The van der Waals surface area contributed by atoms with Gasteiger partial charge in [-0.25, -0.2) is 0 Å². The first kappa shape index (κ1) is 13.9. The van der Waals surface area contributed by atoms with E-state index >= 15 is 0 Å². The molecule has 2 fully saturated rings. The summed E-state index contributed by atoms with van der Waals surface area (Å²) in [5.41, 5.74) is -0.212. The van der Waals surface area contributed by atoms with Gasteiger partial charge >= 0.3 is 0 Å². The van der Waals surface area contributed by atoms with Gasteiger partial charge in [0.2, 0.25) is 0 Å². The van der Waals surface area contributed by atoms with Crippen LogP contribution in [0.3, 0.4) is 0 Å². The Balaban J connectivity index is 1.87. The molecule has 0 unspecified atom stereocenters. The van der Waals surface area contributed by atoms with Crippen molar-refractivity contribution in [1.29, 1.82) is 0 Å².